The lowest BCUT2D eigenvalue weighted by Crippen LogP contribution is -2.17. The van der Waals surface area contributed by atoms with Crippen molar-refractivity contribution in [2.45, 2.75) is 19.8 Å². The highest BCUT2D eigenvalue weighted by molar-refractivity contribution is 6.32. The van der Waals surface area contributed by atoms with Gasteiger partial charge in [0.05, 0.1) is 5.02 Å². The molecule has 18 heavy (non-hydrogen) atoms. The predicted octanol–water partition coefficient (Wildman–Crippen LogP) is 3.21. The van der Waals surface area contributed by atoms with E-state index in [-0.39, 0.29) is 0 Å². The number of hydrogen-bond donors (Lipinski definition) is 1. The summed E-state index contributed by atoms with van der Waals surface area (Å²) >= 11 is 6.32. The van der Waals surface area contributed by atoms with Crippen LogP contribution in [-0.2, 0) is 0 Å². The Morgan fingerprint density at radius 3 is 2.78 bits per heavy atom. The van der Waals surface area contributed by atoms with Gasteiger partial charge in [0.1, 0.15) is 13.2 Å². The Hall–Kier alpha value is -1.19. The fourth-order valence-corrected chi connectivity index (χ4v) is 2.39. The van der Waals surface area contributed by atoms with Gasteiger partial charge in [0.15, 0.2) is 11.5 Å². The lowest BCUT2D eigenvalue weighted by molar-refractivity contribution is 0.169. The first-order valence-electron chi connectivity index (χ1n) is 6.13. The summed E-state index contributed by atoms with van der Waals surface area (Å²) in [5.74, 6) is 1.86. The molecule has 0 saturated carbocycles. The monoisotopic (exact) mass is 267 g/mol. The fourth-order valence-electron chi connectivity index (χ4n) is 2.12. The molecule has 0 amide bonds. The van der Waals surface area contributed by atoms with Crippen LogP contribution >= 0.6 is 11.6 Å². The standard InChI is InChI=1S/C14H18ClNO2/c1-9(2)13-10(4-3-5-16)11(15)8-12-14(13)18-7-6-17-12/h3-4,8-9H,5-7,16H2,1-2H3/b4-3+. The van der Waals surface area contributed by atoms with Gasteiger partial charge < -0.3 is 15.2 Å². The average Bonchev–Trinajstić information content (AvgIpc) is 2.35. The second-order valence-corrected chi connectivity index (χ2v) is 4.91. The van der Waals surface area contributed by atoms with Crippen LogP contribution in [0.1, 0.15) is 30.9 Å². The molecule has 0 fully saturated rings. The molecule has 0 saturated heterocycles. The van der Waals surface area contributed by atoms with Crippen LogP contribution in [0.15, 0.2) is 12.1 Å². The second-order valence-electron chi connectivity index (χ2n) is 4.50. The first-order valence-corrected chi connectivity index (χ1v) is 6.51. The second kappa shape index (κ2) is 5.63. The summed E-state index contributed by atoms with van der Waals surface area (Å²) in [6.07, 6.45) is 3.85. The summed E-state index contributed by atoms with van der Waals surface area (Å²) in [7, 11) is 0. The smallest absolute Gasteiger partial charge is 0.165 e. The van der Waals surface area contributed by atoms with Crippen molar-refractivity contribution in [2.75, 3.05) is 19.8 Å². The normalized spacial score (nSPS) is 14.5. The number of nitrogens with two attached hydrogens (primary N) is 1. The zero-order chi connectivity index (χ0) is 13.1. The predicted molar refractivity (Wildman–Crippen MR) is 74.6 cm³/mol. The number of benzene rings is 1. The molecule has 1 aromatic carbocycles. The first-order chi connectivity index (χ1) is 8.65. The van der Waals surface area contributed by atoms with Crippen LogP contribution in [0.2, 0.25) is 5.02 Å². The number of fused-ring (bicyclic) bond motifs is 1. The molecule has 4 heteroatoms. The molecule has 0 atom stereocenters. The van der Waals surface area contributed by atoms with Crippen LogP contribution in [0.4, 0.5) is 0 Å². The highest BCUT2D eigenvalue weighted by atomic mass is 35.5. The zero-order valence-corrected chi connectivity index (χ0v) is 11.5. The summed E-state index contributed by atoms with van der Waals surface area (Å²) in [5, 5.41) is 0.674. The van der Waals surface area contributed by atoms with Gasteiger partial charge in [-0.15, -0.1) is 0 Å². The van der Waals surface area contributed by atoms with E-state index in [1.165, 1.54) is 0 Å². The van der Waals surface area contributed by atoms with E-state index in [1.807, 2.05) is 18.2 Å². The highest BCUT2D eigenvalue weighted by Gasteiger charge is 2.22. The average molecular weight is 268 g/mol. The zero-order valence-electron chi connectivity index (χ0n) is 10.7. The van der Waals surface area contributed by atoms with E-state index in [0.29, 0.717) is 30.7 Å². The third-order valence-corrected chi connectivity index (χ3v) is 3.17. The maximum absolute atomic E-state index is 6.32. The van der Waals surface area contributed by atoms with Crippen molar-refractivity contribution in [3.05, 3.63) is 28.3 Å². The molecule has 0 unspecified atom stereocenters. The Balaban J connectivity index is 2.60. The molecule has 1 aliphatic rings. The molecular weight excluding hydrogens is 250 g/mol. The quantitative estimate of drug-likeness (QED) is 0.915. The van der Waals surface area contributed by atoms with Crippen LogP contribution in [0, 0.1) is 0 Å². The van der Waals surface area contributed by atoms with E-state index in [4.69, 9.17) is 26.8 Å². The molecule has 0 aliphatic carbocycles. The van der Waals surface area contributed by atoms with Gasteiger partial charge in [-0.1, -0.05) is 37.6 Å². The van der Waals surface area contributed by atoms with Crippen LogP contribution in [0.3, 0.4) is 0 Å². The lowest BCUT2D eigenvalue weighted by atomic mass is 9.94. The summed E-state index contributed by atoms with van der Waals surface area (Å²) < 4.78 is 11.3. The van der Waals surface area contributed by atoms with Crippen molar-refractivity contribution in [2.24, 2.45) is 5.73 Å². The van der Waals surface area contributed by atoms with Crippen LogP contribution in [0.5, 0.6) is 11.5 Å². The van der Waals surface area contributed by atoms with Gasteiger partial charge in [-0.25, -0.2) is 0 Å². The van der Waals surface area contributed by atoms with Crippen LogP contribution in [0.25, 0.3) is 6.08 Å². The Labute approximate surface area is 113 Å². The third kappa shape index (κ3) is 2.47. The topological polar surface area (TPSA) is 44.5 Å². The van der Waals surface area contributed by atoms with E-state index in [2.05, 4.69) is 13.8 Å². The van der Waals surface area contributed by atoms with Gasteiger partial charge in [-0.2, -0.15) is 0 Å². The third-order valence-electron chi connectivity index (χ3n) is 2.86. The van der Waals surface area contributed by atoms with Crippen molar-refractivity contribution in [3.8, 4) is 11.5 Å². The van der Waals surface area contributed by atoms with E-state index in [1.54, 1.807) is 0 Å². The Morgan fingerprint density at radius 2 is 2.11 bits per heavy atom. The van der Waals surface area contributed by atoms with E-state index < -0.39 is 0 Å². The maximum Gasteiger partial charge on any atom is 0.165 e. The molecule has 2 rings (SSSR count). The van der Waals surface area contributed by atoms with Gasteiger partial charge >= 0.3 is 0 Å². The van der Waals surface area contributed by atoms with Gasteiger partial charge in [0.2, 0.25) is 0 Å². The molecule has 98 valence electrons. The first kappa shape index (κ1) is 13.2. The Kier molecular flexibility index (Phi) is 4.15. The van der Waals surface area contributed by atoms with Crippen molar-refractivity contribution < 1.29 is 9.47 Å². The Bertz CT molecular complexity index is 469. The maximum atomic E-state index is 6.32. The van der Waals surface area contributed by atoms with Crippen molar-refractivity contribution in [1.82, 2.24) is 0 Å². The molecule has 1 aliphatic heterocycles. The summed E-state index contributed by atoms with van der Waals surface area (Å²) in [6, 6.07) is 1.82. The molecule has 0 aromatic heterocycles. The van der Waals surface area contributed by atoms with E-state index in [9.17, 15) is 0 Å². The molecule has 0 radical (unpaired) electrons. The van der Waals surface area contributed by atoms with Crippen LogP contribution < -0.4 is 15.2 Å². The molecule has 3 nitrogen and oxygen atoms in total. The molecule has 1 aromatic rings. The van der Waals surface area contributed by atoms with Gasteiger partial charge in [-0.05, 0) is 5.92 Å². The van der Waals surface area contributed by atoms with Gasteiger partial charge in [0, 0.05) is 23.7 Å². The molecule has 0 spiro atoms. The number of ether oxygens (including phenoxy) is 2. The molecule has 1 heterocycles. The van der Waals surface area contributed by atoms with E-state index >= 15 is 0 Å². The lowest BCUT2D eigenvalue weighted by Gasteiger charge is -2.25. The summed E-state index contributed by atoms with van der Waals surface area (Å²) in [4.78, 5) is 0. The van der Waals surface area contributed by atoms with E-state index in [0.717, 1.165) is 22.6 Å². The largest absolute Gasteiger partial charge is 0.486 e. The SMILES string of the molecule is CC(C)c1c(/C=C/CN)c(Cl)cc2c1OCCO2. The summed E-state index contributed by atoms with van der Waals surface area (Å²) in [6.45, 7) is 5.86. The minimum absolute atomic E-state index is 0.302. The number of rotatable bonds is 3. The molecule has 0 bridgehead atoms. The fraction of sp³-hybridized carbons (Fsp3) is 0.429. The van der Waals surface area contributed by atoms with Crippen molar-refractivity contribution >= 4 is 17.7 Å². The Morgan fingerprint density at radius 1 is 1.39 bits per heavy atom. The molecular formula is C14H18ClNO2. The minimum Gasteiger partial charge on any atom is -0.486 e. The van der Waals surface area contributed by atoms with Crippen molar-refractivity contribution in [1.29, 1.82) is 0 Å². The van der Waals surface area contributed by atoms with Crippen molar-refractivity contribution in [3.63, 3.8) is 0 Å². The number of hydrogen-bond acceptors (Lipinski definition) is 3. The highest BCUT2D eigenvalue weighted by Crippen LogP contribution is 2.43. The molecule has 2 N–H and O–H groups in total. The van der Waals surface area contributed by atoms with Gasteiger partial charge in [0.25, 0.3) is 0 Å². The van der Waals surface area contributed by atoms with Crippen LogP contribution in [-0.4, -0.2) is 19.8 Å². The summed E-state index contributed by atoms with van der Waals surface area (Å²) in [5.41, 5.74) is 7.56. The number of halogens is 1. The van der Waals surface area contributed by atoms with Gasteiger partial charge in [-0.3, -0.25) is 0 Å². The minimum atomic E-state index is 0.302.